The molecule has 1 aliphatic rings. The fraction of sp³-hybridized carbons (Fsp3) is 0.533. The third kappa shape index (κ3) is 4.73. The lowest BCUT2D eigenvalue weighted by Gasteiger charge is -2.32. The maximum atomic E-state index is 12.2. The predicted octanol–water partition coefficient (Wildman–Crippen LogP) is 0.272. The van der Waals surface area contributed by atoms with Crippen molar-refractivity contribution in [3.63, 3.8) is 0 Å². The Morgan fingerprint density at radius 1 is 1.39 bits per heavy atom. The highest BCUT2D eigenvalue weighted by atomic mass is 16.3. The number of urea groups is 1. The molecule has 1 aromatic rings. The maximum Gasteiger partial charge on any atom is 0.317 e. The lowest BCUT2D eigenvalue weighted by Crippen LogP contribution is -2.51. The first-order valence-electron chi connectivity index (χ1n) is 7.54. The van der Waals surface area contributed by atoms with E-state index in [0.29, 0.717) is 18.8 Å². The van der Waals surface area contributed by atoms with Crippen LogP contribution in [0.5, 0.6) is 0 Å². The van der Waals surface area contributed by atoms with E-state index >= 15 is 0 Å². The molecule has 0 bridgehead atoms. The topological polar surface area (TPSA) is 94.9 Å². The van der Waals surface area contributed by atoms with Crippen LogP contribution in [0.3, 0.4) is 0 Å². The van der Waals surface area contributed by atoms with E-state index in [1.807, 2.05) is 0 Å². The van der Waals surface area contributed by atoms with Crippen LogP contribution in [-0.4, -0.2) is 67.4 Å². The number of piperidine rings is 1. The smallest absolute Gasteiger partial charge is 0.317 e. The van der Waals surface area contributed by atoms with Crippen LogP contribution < -0.4 is 10.6 Å². The normalized spacial score (nSPS) is 17.5. The molecule has 0 saturated carbocycles. The van der Waals surface area contributed by atoms with Gasteiger partial charge >= 0.3 is 6.03 Å². The van der Waals surface area contributed by atoms with Crippen molar-refractivity contribution < 1.29 is 18.8 Å². The zero-order valence-electron chi connectivity index (χ0n) is 13.4. The molecule has 0 unspecified atom stereocenters. The third-order valence-corrected chi connectivity index (χ3v) is 3.61. The molecule has 23 heavy (non-hydrogen) atoms. The zero-order chi connectivity index (χ0) is 16.8. The minimum atomic E-state index is -0.321. The summed E-state index contributed by atoms with van der Waals surface area (Å²) in [5.74, 6) is -0.136. The van der Waals surface area contributed by atoms with Crippen LogP contribution in [0, 0.1) is 0 Å². The molecule has 0 radical (unpaired) electrons. The number of nitrogens with one attached hydrogen (secondary N) is 2. The molecule has 126 valence electrons. The second-order valence-electron chi connectivity index (χ2n) is 5.69. The van der Waals surface area contributed by atoms with Gasteiger partial charge in [0.2, 0.25) is 5.91 Å². The maximum absolute atomic E-state index is 12.2. The van der Waals surface area contributed by atoms with E-state index < -0.39 is 0 Å². The Balaban J connectivity index is 1.81. The molecule has 0 aliphatic carbocycles. The quantitative estimate of drug-likeness (QED) is 0.832. The summed E-state index contributed by atoms with van der Waals surface area (Å²) in [7, 11) is 3.21. The number of furan rings is 1. The molecular weight excluding hydrogens is 300 g/mol. The van der Waals surface area contributed by atoms with Gasteiger partial charge in [-0.1, -0.05) is 0 Å². The van der Waals surface area contributed by atoms with Gasteiger partial charge in [0.05, 0.1) is 12.8 Å². The van der Waals surface area contributed by atoms with Crippen molar-refractivity contribution in [2.75, 3.05) is 33.7 Å². The first-order valence-corrected chi connectivity index (χ1v) is 7.54. The van der Waals surface area contributed by atoms with E-state index in [9.17, 15) is 14.4 Å². The summed E-state index contributed by atoms with van der Waals surface area (Å²) in [6.07, 6.45) is 3.07. The largest absolute Gasteiger partial charge is 0.459 e. The summed E-state index contributed by atoms with van der Waals surface area (Å²) in [5, 5.41) is 5.35. The van der Waals surface area contributed by atoms with Crippen molar-refractivity contribution >= 4 is 17.8 Å². The Morgan fingerprint density at radius 2 is 2.17 bits per heavy atom. The van der Waals surface area contributed by atoms with Crippen molar-refractivity contribution in [2.45, 2.75) is 18.9 Å². The van der Waals surface area contributed by atoms with E-state index in [-0.39, 0.29) is 30.4 Å². The number of carbonyl (C=O) groups is 3. The first kappa shape index (κ1) is 16.9. The molecule has 2 N–H and O–H groups in total. The minimum Gasteiger partial charge on any atom is -0.459 e. The summed E-state index contributed by atoms with van der Waals surface area (Å²) in [5.41, 5.74) is 0. The second kappa shape index (κ2) is 7.66. The van der Waals surface area contributed by atoms with Crippen molar-refractivity contribution in [2.24, 2.45) is 0 Å². The SMILES string of the molecule is CN(C)C(=O)NCC(=O)N[C@@H]1CCCN(C(=O)c2ccco2)C1. The van der Waals surface area contributed by atoms with Crippen molar-refractivity contribution in [3.05, 3.63) is 24.2 Å². The number of rotatable bonds is 4. The molecule has 0 aromatic carbocycles. The Kier molecular flexibility index (Phi) is 5.61. The molecule has 2 rings (SSSR count). The molecule has 2 heterocycles. The summed E-state index contributed by atoms with van der Waals surface area (Å²) in [6.45, 7) is 0.996. The van der Waals surface area contributed by atoms with Gasteiger partial charge in [0.1, 0.15) is 0 Å². The van der Waals surface area contributed by atoms with Gasteiger partial charge in [0.25, 0.3) is 5.91 Å². The summed E-state index contributed by atoms with van der Waals surface area (Å²) < 4.78 is 5.12. The molecule has 1 atom stereocenters. The number of carbonyl (C=O) groups excluding carboxylic acids is 3. The van der Waals surface area contributed by atoms with E-state index in [1.165, 1.54) is 11.2 Å². The van der Waals surface area contributed by atoms with Crippen molar-refractivity contribution in [1.82, 2.24) is 20.4 Å². The van der Waals surface area contributed by atoms with E-state index in [2.05, 4.69) is 10.6 Å². The minimum absolute atomic E-state index is 0.0837. The van der Waals surface area contributed by atoms with Crippen molar-refractivity contribution in [3.8, 4) is 0 Å². The van der Waals surface area contributed by atoms with Gasteiger partial charge in [0, 0.05) is 33.2 Å². The Bertz CT molecular complexity index is 556. The lowest BCUT2D eigenvalue weighted by molar-refractivity contribution is -0.121. The van der Waals surface area contributed by atoms with Crippen LogP contribution in [0.1, 0.15) is 23.4 Å². The van der Waals surface area contributed by atoms with Gasteiger partial charge in [-0.15, -0.1) is 0 Å². The molecule has 1 saturated heterocycles. The molecule has 8 heteroatoms. The van der Waals surface area contributed by atoms with E-state index in [1.54, 1.807) is 31.1 Å². The highest BCUT2D eigenvalue weighted by molar-refractivity contribution is 5.91. The number of hydrogen-bond donors (Lipinski definition) is 2. The van der Waals surface area contributed by atoms with Gasteiger partial charge in [-0.2, -0.15) is 0 Å². The average Bonchev–Trinajstić information content (AvgIpc) is 3.06. The van der Waals surface area contributed by atoms with Crippen LogP contribution in [0.15, 0.2) is 22.8 Å². The number of nitrogens with zero attached hydrogens (tertiary/aromatic N) is 2. The number of hydrogen-bond acceptors (Lipinski definition) is 4. The van der Waals surface area contributed by atoms with Gasteiger partial charge < -0.3 is 24.9 Å². The molecule has 8 nitrogen and oxygen atoms in total. The summed E-state index contributed by atoms with van der Waals surface area (Å²) in [6, 6.07) is 2.86. The summed E-state index contributed by atoms with van der Waals surface area (Å²) in [4.78, 5) is 38.5. The fourth-order valence-corrected chi connectivity index (χ4v) is 2.43. The Morgan fingerprint density at radius 3 is 2.83 bits per heavy atom. The first-order chi connectivity index (χ1) is 11.0. The van der Waals surface area contributed by atoms with Crippen LogP contribution in [0.2, 0.25) is 0 Å². The Hall–Kier alpha value is -2.51. The highest BCUT2D eigenvalue weighted by Gasteiger charge is 2.26. The second-order valence-corrected chi connectivity index (χ2v) is 5.69. The lowest BCUT2D eigenvalue weighted by atomic mass is 10.1. The van der Waals surface area contributed by atoms with Crippen LogP contribution in [-0.2, 0) is 4.79 Å². The zero-order valence-corrected chi connectivity index (χ0v) is 13.4. The molecular formula is C15H22N4O4. The number of likely N-dealkylation sites (tertiary alicyclic amines) is 1. The standard InChI is InChI=1S/C15H22N4O4/c1-18(2)15(22)16-9-13(20)17-11-5-3-7-19(10-11)14(21)12-6-4-8-23-12/h4,6,8,11H,3,5,7,9-10H2,1-2H3,(H,16,22)(H,17,20)/t11-/m1/s1. The van der Waals surface area contributed by atoms with Crippen LogP contribution >= 0.6 is 0 Å². The third-order valence-electron chi connectivity index (χ3n) is 3.61. The number of amides is 4. The van der Waals surface area contributed by atoms with Gasteiger partial charge in [-0.25, -0.2) is 4.79 Å². The molecule has 1 fully saturated rings. The molecule has 4 amide bonds. The Labute approximate surface area is 134 Å². The highest BCUT2D eigenvalue weighted by Crippen LogP contribution is 2.14. The summed E-state index contributed by atoms with van der Waals surface area (Å²) >= 11 is 0. The van der Waals surface area contributed by atoms with Gasteiger partial charge in [-0.05, 0) is 25.0 Å². The fourth-order valence-electron chi connectivity index (χ4n) is 2.43. The van der Waals surface area contributed by atoms with Gasteiger partial charge in [-0.3, -0.25) is 9.59 Å². The monoisotopic (exact) mass is 322 g/mol. The molecule has 1 aromatic heterocycles. The molecule has 1 aliphatic heterocycles. The molecule has 0 spiro atoms. The van der Waals surface area contributed by atoms with Gasteiger partial charge in [0.15, 0.2) is 5.76 Å². The average molecular weight is 322 g/mol. The predicted molar refractivity (Wildman–Crippen MR) is 82.9 cm³/mol. The van der Waals surface area contributed by atoms with E-state index in [0.717, 1.165) is 12.8 Å². The van der Waals surface area contributed by atoms with Crippen LogP contribution in [0.4, 0.5) is 4.79 Å². The van der Waals surface area contributed by atoms with E-state index in [4.69, 9.17) is 4.42 Å². The van der Waals surface area contributed by atoms with Crippen LogP contribution in [0.25, 0.3) is 0 Å². The van der Waals surface area contributed by atoms with Crippen molar-refractivity contribution in [1.29, 1.82) is 0 Å².